The molecule has 3 rings (SSSR count). The zero-order valence-corrected chi connectivity index (χ0v) is 13.4. The zero-order chi connectivity index (χ0) is 16.6. The van der Waals surface area contributed by atoms with Gasteiger partial charge >= 0.3 is 0 Å². The second kappa shape index (κ2) is 6.10. The highest BCUT2D eigenvalue weighted by Gasteiger charge is 2.17. The van der Waals surface area contributed by atoms with Crippen LogP contribution in [0.2, 0.25) is 5.02 Å². The van der Waals surface area contributed by atoms with Gasteiger partial charge in [0.25, 0.3) is 5.56 Å². The molecule has 0 radical (unpaired) electrons. The summed E-state index contributed by atoms with van der Waals surface area (Å²) < 4.78 is 14.9. The van der Waals surface area contributed by atoms with Crippen LogP contribution in [0.1, 0.15) is 18.8 Å². The average molecular weight is 332 g/mol. The first-order valence-corrected chi connectivity index (χ1v) is 7.55. The van der Waals surface area contributed by atoms with Crippen molar-refractivity contribution in [1.82, 2.24) is 14.9 Å². The van der Waals surface area contributed by atoms with Crippen LogP contribution in [0.4, 0.5) is 4.39 Å². The number of hydrogen-bond acceptors (Lipinski definition) is 3. The first-order valence-electron chi connectivity index (χ1n) is 7.17. The zero-order valence-electron chi connectivity index (χ0n) is 12.7. The molecular formula is C17H15ClFN3O. The Bertz CT molecular complexity index is 939. The van der Waals surface area contributed by atoms with Crippen molar-refractivity contribution in [2.75, 3.05) is 7.05 Å². The molecule has 1 heterocycles. The summed E-state index contributed by atoms with van der Waals surface area (Å²) >= 11 is 5.87. The Morgan fingerprint density at radius 1 is 1.26 bits per heavy atom. The molecule has 118 valence electrons. The number of fused-ring (bicyclic) bond motifs is 1. The first kappa shape index (κ1) is 15.6. The summed E-state index contributed by atoms with van der Waals surface area (Å²) in [4.78, 5) is 17.5. The van der Waals surface area contributed by atoms with E-state index in [1.54, 1.807) is 25.2 Å². The summed E-state index contributed by atoms with van der Waals surface area (Å²) in [7, 11) is 1.79. The van der Waals surface area contributed by atoms with Crippen molar-refractivity contribution in [2.24, 2.45) is 0 Å². The minimum absolute atomic E-state index is 0.0365. The van der Waals surface area contributed by atoms with Crippen LogP contribution in [0, 0.1) is 5.82 Å². The number of para-hydroxylation sites is 1. The third-order valence-corrected chi connectivity index (χ3v) is 4.07. The highest BCUT2D eigenvalue weighted by molar-refractivity contribution is 6.30. The summed E-state index contributed by atoms with van der Waals surface area (Å²) in [5, 5.41) is 3.54. The van der Waals surface area contributed by atoms with E-state index >= 15 is 0 Å². The molecular weight excluding hydrogens is 317 g/mol. The lowest BCUT2D eigenvalue weighted by Crippen LogP contribution is -2.28. The van der Waals surface area contributed by atoms with Gasteiger partial charge in [0.05, 0.1) is 27.7 Å². The molecule has 1 aromatic heterocycles. The van der Waals surface area contributed by atoms with Crippen LogP contribution < -0.4 is 10.9 Å². The third-order valence-electron chi connectivity index (χ3n) is 3.78. The van der Waals surface area contributed by atoms with Gasteiger partial charge in [-0.15, -0.1) is 0 Å². The van der Waals surface area contributed by atoms with Crippen molar-refractivity contribution >= 4 is 22.5 Å². The first-order chi connectivity index (χ1) is 11.0. The molecule has 2 aromatic carbocycles. The Balaban J connectivity index is 2.39. The van der Waals surface area contributed by atoms with Gasteiger partial charge in [-0.3, -0.25) is 9.36 Å². The summed E-state index contributed by atoms with van der Waals surface area (Å²) in [5.74, 6) is 0.0132. The molecule has 0 amide bonds. The Kier molecular flexibility index (Phi) is 4.15. The SMILES string of the molecule is CNC(C)c1nc2ccccc2c(=O)n1-c1ccc(F)c(Cl)c1. The van der Waals surface area contributed by atoms with Crippen LogP contribution in [0.5, 0.6) is 0 Å². The topological polar surface area (TPSA) is 46.9 Å². The van der Waals surface area contributed by atoms with Gasteiger partial charge in [-0.2, -0.15) is 0 Å². The number of benzene rings is 2. The van der Waals surface area contributed by atoms with Gasteiger partial charge in [0.2, 0.25) is 0 Å². The second-order valence-electron chi connectivity index (χ2n) is 5.24. The molecule has 1 N–H and O–H groups in total. The number of halogens is 2. The number of rotatable bonds is 3. The van der Waals surface area contributed by atoms with Crippen molar-refractivity contribution in [3.05, 3.63) is 69.5 Å². The molecule has 0 saturated heterocycles. The molecule has 0 fully saturated rings. The molecule has 0 spiro atoms. The molecule has 0 bridgehead atoms. The number of nitrogens with one attached hydrogen (secondary N) is 1. The minimum Gasteiger partial charge on any atom is -0.311 e. The van der Waals surface area contributed by atoms with E-state index in [0.717, 1.165) is 0 Å². The van der Waals surface area contributed by atoms with E-state index in [1.807, 2.05) is 13.0 Å². The van der Waals surface area contributed by atoms with E-state index < -0.39 is 5.82 Å². The van der Waals surface area contributed by atoms with Crippen molar-refractivity contribution in [2.45, 2.75) is 13.0 Å². The largest absolute Gasteiger partial charge is 0.311 e. The van der Waals surface area contributed by atoms with E-state index in [2.05, 4.69) is 10.3 Å². The predicted molar refractivity (Wildman–Crippen MR) is 89.8 cm³/mol. The Hall–Kier alpha value is -2.24. The van der Waals surface area contributed by atoms with E-state index in [-0.39, 0.29) is 16.6 Å². The fourth-order valence-corrected chi connectivity index (χ4v) is 2.62. The molecule has 0 aliphatic carbocycles. The van der Waals surface area contributed by atoms with Crippen LogP contribution in [0.3, 0.4) is 0 Å². The maximum atomic E-state index is 13.4. The molecule has 1 unspecified atom stereocenters. The Morgan fingerprint density at radius 2 is 2.00 bits per heavy atom. The minimum atomic E-state index is -0.527. The predicted octanol–water partition coefficient (Wildman–Crippen LogP) is 3.46. The van der Waals surface area contributed by atoms with Crippen molar-refractivity contribution < 1.29 is 4.39 Å². The molecule has 23 heavy (non-hydrogen) atoms. The second-order valence-corrected chi connectivity index (χ2v) is 5.64. The van der Waals surface area contributed by atoms with Gasteiger partial charge < -0.3 is 5.32 Å². The highest BCUT2D eigenvalue weighted by Crippen LogP contribution is 2.22. The lowest BCUT2D eigenvalue weighted by atomic mass is 10.2. The lowest BCUT2D eigenvalue weighted by molar-refractivity contribution is 0.588. The molecule has 4 nitrogen and oxygen atoms in total. The standard InChI is InChI=1S/C17H15ClFN3O/c1-10(20-2)16-21-15-6-4-3-5-12(15)17(23)22(16)11-7-8-14(19)13(18)9-11/h3-10,20H,1-2H3. The van der Waals surface area contributed by atoms with E-state index in [1.165, 1.54) is 22.8 Å². The molecule has 6 heteroatoms. The summed E-state index contributed by atoms with van der Waals surface area (Å²) in [6, 6.07) is 11.2. The van der Waals surface area contributed by atoms with Crippen LogP contribution in [-0.2, 0) is 0 Å². The maximum Gasteiger partial charge on any atom is 0.266 e. The van der Waals surface area contributed by atoms with Crippen LogP contribution in [-0.4, -0.2) is 16.6 Å². The van der Waals surface area contributed by atoms with Crippen molar-refractivity contribution in [3.8, 4) is 5.69 Å². The molecule has 3 aromatic rings. The summed E-state index contributed by atoms with van der Waals surface area (Å²) in [6.07, 6.45) is 0. The molecule has 0 aliphatic rings. The van der Waals surface area contributed by atoms with E-state index in [0.29, 0.717) is 22.4 Å². The average Bonchev–Trinajstić information content (AvgIpc) is 2.57. The lowest BCUT2D eigenvalue weighted by Gasteiger charge is -2.18. The van der Waals surface area contributed by atoms with Gasteiger partial charge in [0, 0.05) is 0 Å². The molecule has 0 saturated carbocycles. The van der Waals surface area contributed by atoms with Gasteiger partial charge in [-0.05, 0) is 44.3 Å². The number of hydrogen-bond donors (Lipinski definition) is 1. The molecule has 1 atom stereocenters. The maximum absolute atomic E-state index is 13.4. The van der Waals surface area contributed by atoms with Crippen molar-refractivity contribution in [3.63, 3.8) is 0 Å². The number of aromatic nitrogens is 2. The fraction of sp³-hybridized carbons (Fsp3) is 0.176. The monoisotopic (exact) mass is 331 g/mol. The van der Waals surface area contributed by atoms with Gasteiger partial charge in [-0.1, -0.05) is 23.7 Å². The van der Waals surface area contributed by atoms with Gasteiger partial charge in [-0.25, -0.2) is 9.37 Å². The summed E-state index contributed by atoms with van der Waals surface area (Å²) in [5.41, 5.74) is 0.895. The van der Waals surface area contributed by atoms with E-state index in [9.17, 15) is 9.18 Å². The van der Waals surface area contributed by atoms with Crippen molar-refractivity contribution in [1.29, 1.82) is 0 Å². The van der Waals surface area contributed by atoms with E-state index in [4.69, 9.17) is 11.6 Å². The molecule has 0 aliphatic heterocycles. The fourth-order valence-electron chi connectivity index (χ4n) is 2.44. The smallest absolute Gasteiger partial charge is 0.266 e. The van der Waals surface area contributed by atoms with Crippen LogP contribution >= 0.6 is 11.6 Å². The Morgan fingerprint density at radius 3 is 2.70 bits per heavy atom. The third kappa shape index (κ3) is 2.73. The Labute approximate surface area is 137 Å². The summed E-state index contributed by atoms with van der Waals surface area (Å²) in [6.45, 7) is 1.90. The number of nitrogens with zero attached hydrogens (tertiary/aromatic N) is 2. The van der Waals surface area contributed by atoms with Crippen LogP contribution in [0.15, 0.2) is 47.3 Å². The van der Waals surface area contributed by atoms with Crippen LogP contribution in [0.25, 0.3) is 16.6 Å². The normalized spacial score (nSPS) is 12.5. The highest BCUT2D eigenvalue weighted by atomic mass is 35.5. The quantitative estimate of drug-likeness (QED) is 0.799. The van der Waals surface area contributed by atoms with Gasteiger partial charge in [0.1, 0.15) is 11.6 Å². The van der Waals surface area contributed by atoms with Gasteiger partial charge in [0.15, 0.2) is 0 Å².